The SMILES string of the molecule is CCOC(=O)c1c(I)ccc(OC)c1F. The Bertz CT molecular complexity index is 379. The maximum atomic E-state index is 13.7. The number of ether oxygens (including phenoxy) is 2. The maximum absolute atomic E-state index is 13.7. The average molecular weight is 324 g/mol. The van der Waals surface area contributed by atoms with Gasteiger partial charge >= 0.3 is 5.97 Å². The van der Waals surface area contributed by atoms with E-state index >= 15 is 0 Å². The summed E-state index contributed by atoms with van der Waals surface area (Å²) in [5.41, 5.74) is -0.0724. The van der Waals surface area contributed by atoms with Crippen LogP contribution in [0.5, 0.6) is 5.75 Å². The predicted molar refractivity (Wildman–Crippen MR) is 61.6 cm³/mol. The number of hydrogen-bond acceptors (Lipinski definition) is 3. The second-order valence-corrected chi connectivity index (χ2v) is 3.82. The molecule has 0 amide bonds. The molecule has 0 N–H and O–H groups in total. The summed E-state index contributed by atoms with van der Waals surface area (Å²) in [5, 5.41) is 0. The van der Waals surface area contributed by atoms with E-state index in [1.54, 1.807) is 13.0 Å². The summed E-state index contributed by atoms with van der Waals surface area (Å²) >= 11 is 1.88. The third kappa shape index (κ3) is 2.58. The van der Waals surface area contributed by atoms with Crippen molar-refractivity contribution in [3.05, 3.63) is 27.1 Å². The van der Waals surface area contributed by atoms with Gasteiger partial charge in [0.1, 0.15) is 5.56 Å². The van der Waals surface area contributed by atoms with Gasteiger partial charge in [-0.25, -0.2) is 9.18 Å². The predicted octanol–water partition coefficient (Wildman–Crippen LogP) is 2.62. The molecule has 3 nitrogen and oxygen atoms in total. The highest BCUT2D eigenvalue weighted by molar-refractivity contribution is 14.1. The fraction of sp³-hybridized carbons (Fsp3) is 0.300. The number of halogens is 2. The van der Waals surface area contributed by atoms with Crippen LogP contribution in [0.15, 0.2) is 12.1 Å². The van der Waals surface area contributed by atoms with E-state index in [9.17, 15) is 9.18 Å². The van der Waals surface area contributed by atoms with Crippen molar-refractivity contribution in [2.75, 3.05) is 13.7 Å². The highest BCUT2D eigenvalue weighted by Crippen LogP contribution is 2.25. The molecular weight excluding hydrogens is 314 g/mol. The van der Waals surface area contributed by atoms with Crippen molar-refractivity contribution in [1.29, 1.82) is 0 Å². The van der Waals surface area contributed by atoms with Crippen molar-refractivity contribution >= 4 is 28.6 Å². The van der Waals surface area contributed by atoms with Crippen LogP contribution in [0.3, 0.4) is 0 Å². The van der Waals surface area contributed by atoms with Crippen molar-refractivity contribution in [3.8, 4) is 5.75 Å². The summed E-state index contributed by atoms with van der Waals surface area (Å²) in [4.78, 5) is 11.4. The van der Waals surface area contributed by atoms with Crippen LogP contribution < -0.4 is 4.74 Å². The van der Waals surface area contributed by atoms with E-state index in [0.717, 1.165) is 0 Å². The molecule has 0 aliphatic heterocycles. The summed E-state index contributed by atoms with van der Waals surface area (Å²) in [6, 6.07) is 3.08. The minimum atomic E-state index is -0.678. The Hall–Kier alpha value is -0.850. The fourth-order valence-corrected chi connectivity index (χ4v) is 1.72. The van der Waals surface area contributed by atoms with Crippen molar-refractivity contribution in [1.82, 2.24) is 0 Å². The molecule has 0 aliphatic carbocycles. The van der Waals surface area contributed by atoms with Crippen molar-refractivity contribution < 1.29 is 18.7 Å². The minimum Gasteiger partial charge on any atom is -0.494 e. The molecular formula is C10H10FIO3. The third-order valence-electron chi connectivity index (χ3n) is 1.76. The van der Waals surface area contributed by atoms with Gasteiger partial charge in [-0.3, -0.25) is 0 Å². The molecule has 0 atom stereocenters. The standard InChI is InChI=1S/C10H10FIO3/c1-3-15-10(13)8-6(12)4-5-7(14-2)9(8)11/h4-5H,3H2,1-2H3. The molecule has 1 rings (SSSR count). The lowest BCUT2D eigenvalue weighted by atomic mass is 10.2. The van der Waals surface area contributed by atoms with Gasteiger partial charge in [0.15, 0.2) is 11.6 Å². The largest absolute Gasteiger partial charge is 0.494 e. The maximum Gasteiger partial charge on any atom is 0.342 e. The van der Waals surface area contributed by atoms with Gasteiger partial charge in [0.25, 0.3) is 0 Å². The quantitative estimate of drug-likeness (QED) is 0.633. The van der Waals surface area contributed by atoms with Crippen molar-refractivity contribution in [2.45, 2.75) is 6.92 Å². The zero-order valence-electron chi connectivity index (χ0n) is 8.34. The molecule has 1 aromatic rings. The number of methoxy groups -OCH3 is 1. The van der Waals surface area contributed by atoms with Crippen LogP contribution in [0, 0.1) is 9.39 Å². The Morgan fingerprint density at radius 2 is 2.20 bits per heavy atom. The number of hydrogen-bond donors (Lipinski definition) is 0. The summed E-state index contributed by atoms with van der Waals surface area (Å²) < 4.78 is 23.7. The van der Waals surface area contributed by atoms with Crippen molar-refractivity contribution in [3.63, 3.8) is 0 Å². The van der Waals surface area contributed by atoms with Gasteiger partial charge in [-0.15, -0.1) is 0 Å². The molecule has 15 heavy (non-hydrogen) atoms. The van der Waals surface area contributed by atoms with E-state index in [1.807, 2.05) is 22.6 Å². The zero-order chi connectivity index (χ0) is 11.4. The summed E-state index contributed by atoms with van der Waals surface area (Å²) in [6.45, 7) is 1.88. The minimum absolute atomic E-state index is 0.0402. The molecule has 1 aromatic carbocycles. The van der Waals surface area contributed by atoms with Crippen LogP contribution in [-0.4, -0.2) is 19.7 Å². The average Bonchev–Trinajstić information content (AvgIpc) is 2.18. The Labute approximate surface area is 101 Å². The molecule has 0 radical (unpaired) electrons. The highest BCUT2D eigenvalue weighted by atomic mass is 127. The van der Waals surface area contributed by atoms with E-state index in [2.05, 4.69) is 0 Å². The van der Waals surface area contributed by atoms with E-state index in [1.165, 1.54) is 13.2 Å². The Kier molecular flexibility index (Phi) is 4.31. The zero-order valence-corrected chi connectivity index (χ0v) is 10.5. The molecule has 5 heteroatoms. The topological polar surface area (TPSA) is 35.5 Å². The lowest BCUT2D eigenvalue weighted by Gasteiger charge is -2.08. The van der Waals surface area contributed by atoms with Crippen LogP contribution in [0.4, 0.5) is 4.39 Å². The van der Waals surface area contributed by atoms with E-state index < -0.39 is 11.8 Å². The normalized spacial score (nSPS) is 9.87. The lowest BCUT2D eigenvalue weighted by molar-refractivity contribution is 0.0519. The first-order valence-corrected chi connectivity index (χ1v) is 5.38. The molecule has 0 aromatic heterocycles. The molecule has 82 valence electrons. The van der Waals surface area contributed by atoms with Gasteiger partial charge in [0, 0.05) is 3.57 Å². The van der Waals surface area contributed by atoms with Gasteiger partial charge in [-0.1, -0.05) is 0 Å². The summed E-state index contributed by atoms with van der Waals surface area (Å²) in [5.74, 6) is -1.31. The first-order chi connectivity index (χ1) is 7.11. The highest BCUT2D eigenvalue weighted by Gasteiger charge is 2.20. The molecule has 0 saturated carbocycles. The number of carbonyl (C=O) groups is 1. The number of rotatable bonds is 3. The van der Waals surface area contributed by atoms with E-state index in [0.29, 0.717) is 3.57 Å². The molecule has 0 fully saturated rings. The van der Waals surface area contributed by atoms with Gasteiger partial charge in [-0.2, -0.15) is 0 Å². The molecule has 0 spiro atoms. The summed E-state index contributed by atoms with van der Waals surface area (Å²) in [6.07, 6.45) is 0. The second kappa shape index (κ2) is 5.29. The monoisotopic (exact) mass is 324 g/mol. The molecule has 0 saturated heterocycles. The molecule has 0 heterocycles. The Morgan fingerprint density at radius 3 is 2.73 bits per heavy atom. The van der Waals surface area contributed by atoms with Gasteiger partial charge < -0.3 is 9.47 Å². The van der Waals surface area contributed by atoms with E-state index in [4.69, 9.17) is 9.47 Å². The van der Waals surface area contributed by atoms with Crippen LogP contribution in [0.25, 0.3) is 0 Å². The third-order valence-corrected chi connectivity index (χ3v) is 2.65. The van der Waals surface area contributed by atoms with Crippen molar-refractivity contribution in [2.24, 2.45) is 0 Å². The van der Waals surface area contributed by atoms with Gasteiger partial charge in [0.2, 0.25) is 0 Å². The fourth-order valence-electron chi connectivity index (χ4n) is 1.08. The summed E-state index contributed by atoms with van der Waals surface area (Å²) in [7, 11) is 1.35. The number of benzene rings is 1. The van der Waals surface area contributed by atoms with Crippen LogP contribution >= 0.6 is 22.6 Å². The van der Waals surface area contributed by atoms with Gasteiger partial charge in [-0.05, 0) is 41.6 Å². The van der Waals surface area contributed by atoms with Crippen LogP contribution in [0.2, 0.25) is 0 Å². The molecule has 0 unspecified atom stereocenters. The number of esters is 1. The van der Waals surface area contributed by atoms with Crippen LogP contribution in [-0.2, 0) is 4.74 Å². The Balaban J connectivity index is 3.20. The first-order valence-electron chi connectivity index (χ1n) is 4.31. The molecule has 0 aliphatic rings. The Morgan fingerprint density at radius 1 is 1.53 bits per heavy atom. The van der Waals surface area contributed by atoms with Crippen LogP contribution in [0.1, 0.15) is 17.3 Å². The lowest BCUT2D eigenvalue weighted by Crippen LogP contribution is -2.10. The van der Waals surface area contributed by atoms with E-state index in [-0.39, 0.29) is 17.9 Å². The number of carbonyl (C=O) groups excluding carboxylic acids is 1. The first kappa shape index (κ1) is 12.2. The van der Waals surface area contributed by atoms with Gasteiger partial charge in [0.05, 0.1) is 13.7 Å². The second-order valence-electron chi connectivity index (χ2n) is 2.66. The molecule has 0 bridgehead atoms. The smallest absolute Gasteiger partial charge is 0.342 e.